The molecule has 120 valence electrons. The maximum atomic E-state index is 12.7. The minimum Gasteiger partial charge on any atom is -0.497 e. The summed E-state index contributed by atoms with van der Waals surface area (Å²) in [6, 6.07) is 13.0. The van der Waals surface area contributed by atoms with Gasteiger partial charge in [0.1, 0.15) is 12.5 Å². The van der Waals surface area contributed by atoms with Gasteiger partial charge in [0, 0.05) is 23.9 Å². The number of para-hydroxylation sites is 1. The molecule has 0 aliphatic carbocycles. The van der Waals surface area contributed by atoms with Gasteiger partial charge in [0.05, 0.1) is 31.4 Å². The Balaban J connectivity index is 2.21. The molecular formula is C18H19NO4. The van der Waals surface area contributed by atoms with Gasteiger partial charge in [0.25, 0.3) is 0 Å². The van der Waals surface area contributed by atoms with Gasteiger partial charge in [-0.05, 0) is 24.3 Å². The van der Waals surface area contributed by atoms with E-state index < -0.39 is 0 Å². The monoisotopic (exact) mass is 313 g/mol. The van der Waals surface area contributed by atoms with Gasteiger partial charge in [0.2, 0.25) is 0 Å². The van der Waals surface area contributed by atoms with Crippen LogP contribution in [-0.2, 0) is 16.2 Å². The predicted molar refractivity (Wildman–Crippen MR) is 90.1 cm³/mol. The summed E-state index contributed by atoms with van der Waals surface area (Å²) < 4.78 is 18.0. The van der Waals surface area contributed by atoms with Crippen molar-refractivity contribution < 1.29 is 14.2 Å². The van der Waals surface area contributed by atoms with E-state index in [1.54, 1.807) is 26.4 Å². The molecule has 3 aromatic rings. The first-order valence-corrected chi connectivity index (χ1v) is 7.42. The maximum absolute atomic E-state index is 12.7. The average Bonchev–Trinajstić information content (AvgIpc) is 2.60. The zero-order valence-electron chi connectivity index (χ0n) is 13.2. The molecule has 0 radical (unpaired) electrons. The fraction of sp³-hybridized carbons (Fsp3) is 0.278. The third kappa shape index (κ3) is 2.93. The molecule has 0 unspecified atom stereocenters. The lowest BCUT2D eigenvalue weighted by atomic mass is 10.1. The zero-order valence-corrected chi connectivity index (χ0v) is 13.2. The molecule has 0 spiro atoms. The van der Waals surface area contributed by atoms with E-state index in [2.05, 4.69) is 0 Å². The molecule has 0 aliphatic heterocycles. The molecule has 23 heavy (non-hydrogen) atoms. The molecule has 5 heteroatoms. The number of hydrogen-bond donors (Lipinski definition) is 0. The Kier molecular flexibility index (Phi) is 4.60. The highest BCUT2D eigenvalue weighted by Gasteiger charge is 2.11. The summed E-state index contributed by atoms with van der Waals surface area (Å²) in [7, 11) is 3.25. The van der Waals surface area contributed by atoms with Gasteiger partial charge in [-0.2, -0.15) is 0 Å². The van der Waals surface area contributed by atoms with Crippen LogP contribution in [0, 0.1) is 0 Å². The quantitative estimate of drug-likeness (QED) is 0.519. The fourth-order valence-corrected chi connectivity index (χ4v) is 2.67. The van der Waals surface area contributed by atoms with Crippen LogP contribution in [-0.4, -0.2) is 32.0 Å². The van der Waals surface area contributed by atoms with Crippen molar-refractivity contribution in [1.82, 2.24) is 4.57 Å². The number of aromatic nitrogens is 1. The number of fused-ring (bicyclic) bond motifs is 2. The van der Waals surface area contributed by atoms with Gasteiger partial charge in [-0.25, -0.2) is 0 Å². The largest absolute Gasteiger partial charge is 0.497 e. The van der Waals surface area contributed by atoms with E-state index in [1.807, 2.05) is 34.9 Å². The standard InChI is InChI=1S/C18H19NO4/c1-21-9-10-23-12-19-16-6-4-3-5-14(16)18(20)15-8-7-13(22-2)11-17(15)19/h3-8,11H,9-10,12H2,1-2H3. The van der Waals surface area contributed by atoms with Crippen LogP contribution in [0.3, 0.4) is 0 Å². The van der Waals surface area contributed by atoms with Gasteiger partial charge in [-0.1, -0.05) is 12.1 Å². The molecule has 1 aromatic heterocycles. The van der Waals surface area contributed by atoms with E-state index in [9.17, 15) is 4.79 Å². The summed E-state index contributed by atoms with van der Waals surface area (Å²) in [6.45, 7) is 1.36. The number of rotatable bonds is 6. The molecule has 0 saturated carbocycles. The molecule has 0 bridgehead atoms. The molecule has 0 aliphatic rings. The van der Waals surface area contributed by atoms with Crippen molar-refractivity contribution in [2.45, 2.75) is 6.73 Å². The predicted octanol–water partition coefficient (Wildman–Crippen LogP) is 2.78. The Morgan fingerprint density at radius 3 is 2.52 bits per heavy atom. The van der Waals surface area contributed by atoms with Crippen molar-refractivity contribution in [3.63, 3.8) is 0 Å². The van der Waals surface area contributed by atoms with Gasteiger partial charge in [-0.15, -0.1) is 0 Å². The second kappa shape index (κ2) is 6.81. The van der Waals surface area contributed by atoms with Crippen LogP contribution >= 0.6 is 0 Å². The number of pyridine rings is 1. The smallest absolute Gasteiger partial charge is 0.197 e. The molecule has 2 aromatic carbocycles. The summed E-state index contributed by atoms with van der Waals surface area (Å²) in [5, 5.41) is 1.33. The van der Waals surface area contributed by atoms with E-state index >= 15 is 0 Å². The van der Waals surface area contributed by atoms with Crippen molar-refractivity contribution in [2.24, 2.45) is 0 Å². The molecule has 0 amide bonds. The van der Waals surface area contributed by atoms with Gasteiger partial charge < -0.3 is 18.8 Å². The summed E-state index contributed by atoms with van der Waals surface area (Å²) in [5.74, 6) is 0.706. The Labute approximate surface area is 134 Å². The second-order valence-electron chi connectivity index (χ2n) is 5.19. The molecule has 0 saturated heterocycles. The summed E-state index contributed by atoms with van der Waals surface area (Å²) >= 11 is 0. The summed E-state index contributed by atoms with van der Waals surface area (Å²) in [6.07, 6.45) is 0. The van der Waals surface area contributed by atoms with E-state index in [0.717, 1.165) is 11.0 Å². The van der Waals surface area contributed by atoms with Crippen LogP contribution in [0.2, 0.25) is 0 Å². The highest BCUT2D eigenvalue weighted by atomic mass is 16.5. The molecular weight excluding hydrogens is 294 g/mol. The number of methoxy groups -OCH3 is 2. The highest BCUT2D eigenvalue weighted by Crippen LogP contribution is 2.23. The van der Waals surface area contributed by atoms with Gasteiger partial charge in [-0.3, -0.25) is 4.79 Å². The summed E-state index contributed by atoms with van der Waals surface area (Å²) in [4.78, 5) is 12.7. The van der Waals surface area contributed by atoms with Crippen LogP contribution in [0.15, 0.2) is 47.3 Å². The molecule has 5 nitrogen and oxygen atoms in total. The minimum atomic E-state index is 0.0198. The topological polar surface area (TPSA) is 49.7 Å². The molecule has 1 heterocycles. The minimum absolute atomic E-state index is 0.0198. The molecule has 0 N–H and O–H groups in total. The van der Waals surface area contributed by atoms with Gasteiger partial charge in [0.15, 0.2) is 5.43 Å². The fourth-order valence-electron chi connectivity index (χ4n) is 2.67. The van der Waals surface area contributed by atoms with Crippen molar-refractivity contribution >= 4 is 21.8 Å². The Hall–Kier alpha value is -2.37. The lowest BCUT2D eigenvalue weighted by Gasteiger charge is -2.16. The van der Waals surface area contributed by atoms with Crippen LogP contribution in [0.1, 0.15) is 0 Å². The average molecular weight is 313 g/mol. The Morgan fingerprint density at radius 2 is 1.74 bits per heavy atom. The third-order valence-corrected chi connectivity index (χ3v) is 3.83. The van der Waals surface area contributed by atoms with Crippen LogP contribution < -0.4 is 10.2 Å². The normalized spacial score (nSPS) is 11.2. The SMILES string of the molecule is COCCOCn1c2ccccc2c(=O)c2ccc(OC)cc21. The van der Waals surface area contributed by atoms with Crippen molar-refractivity contribution in [2.75, 3.05) is 27.4 Å². The maximum Gasteiger partial charge on any atom is 0.197 e. The van der Waals surface area contributed by atoms with Crippen molar-refractivity contribution in [3.8, 4) is 5.75 Å². The Morgan fingerprint density at radius 1 is 0.957 bits per heavy atom. The second-order valence-corrected chi connectivity index (χ2v) is 5.19. The van der Waals surface area contributed by atoms with Crippen LogP contribution in [0.4, 0.5) is 0 Å². The van der Waals surface area contributed by atoms with E-state index in [0.29, 0.717) is 36.5 Å². The molecule has 3 rings (SSSR count). The van der Waals surface area contributed by atoms with E-state index in [-0.39, 0.29) is 5.43 Å². The number of benzene rings is 2. The van der Waals surface area contributed by atoms with Crippen molar-refractivity contribution in [3.05, 3.63) is 52.7 Å². The highest BCUT2D eigenvalue weighted by molar-refractivity contribution is 5.93. The molecule has 0 atom stereocenters. The van der Waals surface area contributed by atoms with E-state index in [1.165, 1.54) is 0 Å². The first-order valence-electron chi connectivity index (χ1n) is 7.42. The first-order chi connectivity index (χ1) is 11.3. The lowest BCUT2D eigenvalue weighted by Crippen LogP contribution is -2.14. The van der Waals surface area contributed by atoms with Gasteiger partial charge >= 0.3 is 0 Å². The van der Waals surface area contributed by atoms with Crippen molar-refractivity contribution in [1.29, 1.82) is 0 Å². The van der Waals surface area contributed by atoms with E-state index in [4.69, 9.17) is 14.2 Å². The third-order valence-electron chi connectivity index (χ3n) is 3.83. The number of nitrogens with zero attached hydrogens (tertiary/aromatic N) is 1. The lowest BCUT2D eigenvalue weighted by molar-refractivity contribution is 0.0375. The number of hydrogen-bond acceptors (Lipinski definition) is 4. The molecule has 0 fully saturated rings. The Bertz CT molecular complexity index is 885. The van der Waals surface area contributed by atoms with Crippen LogP contribution in [0.25, 0.3) is 21.8 Å². The number of ether oxygens (including phenoxy) is 3. The first kappa shape index (κ1) is 15.5. The summed E-state index contributed by atoms with van der Waals surface area (Å²) in [5.41, 5.74) is 1.66. The zero-order chi connectivity index (χ0) is 16.2. The van der Waals surface area contributed by atoms with Crippen LogP contribution in [0.5, 0.6) is 5.75 Å².